The highest BCUT2D eigenvalue weighted by molar-refractivity contribution is 9.10. The van der Waals surface area contributed by atoms with E-state index in [1.54, 1.807) is 0 Å². The van der Waals surface area contributed by atoms with Crippen LogP contribution in [-0.2, 0) is 0 Å². The number of hydrogen-bond donors (Lipinski definition) is 2. The Morgan fingerprint density at radius 1 is 1.35 bits per heavy atom. The van der Waals surface area contributed by atoms with Crippen LogP contribution in [0.15, 0.2) is 27.8 Å². The number of amidine groups is 1. The fourth-order valence-electron chi connectivity index (χ4n) is 2.64. The minimum Gasteiger partial charge on any atom is -0.409 e. The molecule has 0 aromatic heterocycles. The molecule has 5 heteroatoms. The maximum Gasteiger partial charge on any atom is 0.170 e. The third kappa shape index (κ3) is 3.45. The van der Waals surface area contributed by atoms with E-state index in [1.165, 1.54) is 24.9 Å². The molecule has 1 aliphatic rings. The van der Waals surface area contributed by atoms with Crippen LogP contribution in [0.4, 0.5) is 5.69 Å². The number of rotatable bonds is 2. The van der Waals surface area contributed by atoms with Gasteiger partial charge in [0.05, 0.1) is 5.69 Å². The first kappa shape index (κ1) is 15.2. The van der Waals surface area contributed by atoms with Crippen molar-refractivity contribution in [2.24, 2.45) is 16.3 Å². The molecule has 0 spiro atoms. The van der Waals surface area contributed by atoms with Crippen molar-refractivity contribution in [2.45, 2.75) is 33.1 Å². The van der Waals surface area contributed by atoms with E-state index in [0.717, 1.165) is 23.1 Å². The van der Waals surface area contributed by atoms with Crippen LogP contribution in [0.25, 0.3) is 0 Å². The fraction of sp³-hybridized carbons (Fsp3) is 0.533. The lowest BCUT2D eigenvalue weighted by atomic mass is 9.85. The summed E-state index contributed by atoms with van der Waals surface area (Å²) in [6.45, 7) is 6.82. The molecule has 1 fully saturated rings. The minimum atomic E-state index is 0.134. The van der Waals surface area contributed by atoms with Gasteiger partial charge in [-0.1, -0.05) is 19.0 Å². The lowest BCUT2D eigenvalue weighted by molar-refractivity contribution is 0.318. The van der Waals surface area contributed by atoms with Crippen molar-refractivity contribution in [1.82, 2.24) is 0 Å². The molecule has 1 saturated heterocycles. The van der Waals surface area contributed by atoms with Gasteiger partial charge in [0.1, 0.15) is 0 Å². The Hall–Kier alpha value is -1.23. The van der Waals surface area contributed by atoms with Crippen LogP contribution in [-0.4, -0.2) is 24.1 Å². The normalized spacial score (nSPS) is 19.8. The van der Waals surface area contributed by atoms with E-state index in [2.05, 4.69) is 39.8 Å². The van der Waals surface area contributed by atoms with Crippen molar-refractivity contribution in [2.75, 3.05) is 18.0 Å². The van der Waals surface area contributed by atoms with E-state index in [-0.39, 0.29) is 5.84 Å². The minimum absolute atomic E-state index is 0.134. The summed E-state index contributed by atoms with van der Waals surface area (Å²) in [5, 5.41) is 11.8. The molecule has 0 unspecified atom stereocenters. The van der Waals surface area contributed by atoms with Crippen LogP contribution in [0.1, 0.15) is 38.7 Å². The van der Waals surface area contributed by atoms with Gasteiger partial charge in [-0.2, -0.15) is 0 Å². The van der Waals surface area contributed by atoms with Gasteiger partial charge < -0.3 is 15.8 Å². The van der Waals surface area contributed by atoms with Gasteiger partial charge in [0.25, 0.3) is 0 Å². The van der Waals surface area contributed by atoms with E-state index < -0.39 is 0 Å². The Morgan fingerprint density at radius 3 is 2.75 bits per heavy atom. The van der Waals surface area contributed by atoms with Gasteiger partial charge in [0.15, 0.2) is 5.84 Å². The largest absolute Gasteiger partial charge is 0.409 e. The molecule has 110 valence electrons. The first-order valence-corrected chi connectivity index (χ1v) is 7.75. The van der Waals surface area contributed by atoms with E-state index in [1.807, 2.05) is 18.2 Å². The van der Waals surface area contributed by atoms with Gasteiger partial charge in [-0.05, 0) is 58.8 Å². The summed E-state index contributed by atoms with van der Waals surface area (Å²) in [4.78, 5) is 2.41. The topological polar surface area (TPSA) is 61.8 Å². The van der Waals surface area contributed by atoms with Gasteiger partial charge in [-0.25, -0.2) is 0 Å². The van der Waals surface area contributed by atoms with Gasteiger partial charge in [0, 0.05) is 23.1 Å². The Balaban J connectivity index is 2.21. The zero-order valence-corrected chi connectivity index (χ0v) is 13.7. The predicted molar refractivity (Wildman–Crippen MR) is 86.5 cm³/mol. The van der Waals surface area contributed by atoms with Gasteiger partial charge in [0.2, 0.25) is 0 Å². The van der Waals surface area contributed by atoms with Crippen molar-refractivity contribution < 1.29 is 5.21 Å². The van der Waals surface area contributed by atoms with Crippen LogP contribution in [0.5, 0.6) is 0 Å². The van der Waals surface area contributed by atoms with Crippen molar-refractivity contribution >= 4 is 27.5 Å². The number of anilines is 1. The summed E-state index contributed by atoms with van der Waals surface area (Å²) >= 11 is 3.60. The molecule has 4 nitrogen and oxygen atoms in total. The zero-order valence-electron chi connectivity index (χ0n) is 12.1. The average molecular weight is 340 g/mol. The third-order valence-corrected chi connectivity index (χ3v) is 4.67. The Bertz CT molecular complexity index is 514. The number of halogens is 1. The van der Waals surface area contributed by atoms with E-state index in [9.17, 15) is 0 Å². The maximum absolute atomic E-state index is 8.73. The monoisotopic (exact) mass is 339 g/mol. The summed E-state index contributed by atoms with van der Waals surface area (Å²) < 4.78 is 0.987. The molecular weight excluding hydrogens is 318 g/mol. The quantitative estimate of drug-likeness (QED) is 0.375. The molecule has 0 amide bonds. The molecule has 1 aliphatic heterocycles. The van der Waals surface area contributed by atoms with Crippen LogP contribution in [0, 0.1) is 5.41 Å². The summed E-state index contributed by atoms with van der Waals surface area (Å²) in [5.41, 5.74) is 7.94. The van der Waals surface area contributed by atoms with Crippen LogP contribution < -0.4 is 10.6 Å². The molecule has 1 aromatic rings. The lowest BCUT2D eigenvalue weighted by Gasteiger charge is -2.26. The average Bonchev–Trinajstić information content (AvgIpc) is 2.59. The van der Waals surface area contributed by atoms with Crippen molar-refractivity contribution in [3.8, 4) is 0 Å². The maximum atomic E-state index is 8.73. The lowest BCUT2D eigenvalue weighted by Crippen LogP contribution is -2.25. The van der Waals surface area contributed by atoms with Crippen molar-refractivity contribution in [3.63, 3.8) is 0 Å². The molecule has 0 bridgehead atoms. The van der Waals surface area contributed by atoms with Crippen molar-refractivity contribution in [3.05, 3.63) is 28.2 Å². The van der Waals surface area contributed by atoms with Gasteiger partial charge in [-0.3, -0.25) is 0 Å². The summed E-state index contributed by atoms with van der Waals surface area (Å²) in [7, 11) is 0. The van der Waals surface area contributed by atoms with Gasteiger partial charge >= 0.3 is 0 Å². The number of nitrogens with two attached hydrogens (primary N) is 1. The first-order chi connectivity index (χ1) is 9.43. The van der Waals surface area contributed by atoms with Crippen LogP contribution in [0.3, 0.4) is 0 Å². The zero-order chi connectivity index (χ0) is 14.8. The van der Waals surface area contributed by atoms with Crippen LogP contribution >= 0.6 is 15.9 Å². The van der Waals surface area contributed by atoms with E-state index in [4.69, 9.17) is 10.9 Å². The molecule has 0 radical (unpaired) electrons. The standard InChI is InChI=1S/C15H22BrN3O/c1-15(2)6-3-8-19(9-7-15)13-5-4-11(10-12(13)16)14(17)18-20/h4-5,10,20H,3,6-9H2,1-2H3,(H2,17,18). The molecule has 0 aliphatic carbocycles. The van der Waals surface area contributed by atoms with Crippen molar-refractivity contribution in [1.29, 1.82) is 0 Å². The number of nitrogens with zero attached hydrogens (tertiary/aromatic N) is 2. The summed E-state index contributed by atoms with van der Waals surface area (Å²) in [6, 6.07) is 5.83. The smallest absolute Gasteiger partial charge is 0.170 e. The second-order valence-corrected chi connectivity index (χ2v) is 7.01. The SMILES string of the molecule is CC1(C)CCCN(c2ccc(/C(N)=N/O)cc2Br)CC1. The molecule has 20 heavy (non-hydrogen) atoms. The second kappa shape index (κ2) is 6.04. The Labute approximate surface area is 128 Å². The first-order valence-electron chi connectivity index (χ1n) is 6.95. The molecular formula is C15H22BrN3O. The highest BCUT2D eigenvalue weighted by Crippen LogP contribution is 2.34. The van der Waals surface area contributed by atoms with E-state index in [0.29, 0.717) is 5.41 Å². The molecule has 1 heterocycles. The number of oxime groups is 1. The second-order valence-electron chi connectivity index (χ2n) is 6.16. The highest BCUT2D eigenvalue weighted by atomic mass is 79.9. The third-order valence-electron chi connectivity index (χ3n) is 4.03. The number of hydrogen-bond acceptors (Lipinski definition) is 3. The Morgan fingerprint density at radius 2 is 2.10 bits per heavy atom. The molecule has 2 rings (SSSR count). The highest BCUT2D eigenvalue weighted by Gasteiger charge is 2.24. The fourth-order valence-corrected chi connectivity index (χ4v) is 3.27. The number of benzene rings is 1. The summed E-state index contributed by atoms with van der Waals surface area (Å²) in [6.07, 6.45) is 3.67. The Kier molecular flexibility index (Phi) is 4.58. The van der Waals surface area contributed by atoms with Crippen LogP contribution in [0.2, 0.25) is 0 Å². The van der Waals surface area contributed by atoms with Gasteiger partial charge in [-0.15, -0.1) is 0 Å². The molecule has 0 saturated carbocycles. The molecule has 1 aromatic carbocycles. The summed E-state index contributed by atoms with van der Waals surface area (Å²) in [5.74, 6) is 0.134. The molecule has 3 N–H and O–H groups in total. The molecule has 0 atom stereocenters. The van der Waals surface area contributed by atoms with E-state index >= 15 is 0 Å². The predicted octanol–water partition coefficient (Wildman–Crippen LogP) is 3.56.